The normalized spacial score (nSPS) is 17.5. The first-order valence-corrected chi connectivity index (χ1v) is 6.33. The maximum atomic E-state index is 13.4. The number of aryl methyl sites for hydroxylation is 1. The zero-order valence-corrected chi connectivity index (χ0v) is 11.9. The van der Waals surface area contributed by atoms with E-state index in [2.05, 4.69) is 10.2 Å². The summed E-state index contributed by atoms with van der Waals surface area (Å²) in [6.45, 7) is 4.87. The van der Waals surface area contributed by atoms with Crippen molar-refractivity contribution in [3.8, 4) is 0 Å². The highest BCUT2D eigenvalue weighted by molar-refractivity contribution is 5.85. The van der Waals surface area contributed by atoms with Crippen LogP contribution < -0.4 is 5.32 Å². The molecule has 1 aliphatic heterocycles. The lowest BCUT2D eigenvalue weighted by molar-refractivity contribution is 0.194. The standard InChI is InChI=1S/C14H21FN2.ClH/c1-11-3-4-12(9-14(11)15)10-17-7-5-13(16-2)6-8-17;/h3-4,9,13,16H,5-8,10H2,1-2H3;1H. The fraction of sp³-hybridized carbons (Fsp3) is 0.571. The molecule has 2 rings (SSSR count). The lowest BCUT2D eigenvalue weighted by Gasteiger charge is -2.31. The van der Waals surface area contributed by atoms with E-state index >= 15 is 0 Å². The fourth-order valence-electron chi connectivity index (χ4n) is 2.37. The van der Waals surface area contributed by atoms with Crippen molar-refractivity contribution in [1.29, 1.82) is 0 Å². The van der Waals surface area contributed by atoms with Crippen LogP contribution in [0.4, 0.5) is 4.39 Å². The van der Waals surface area contributed by atoms with Gasteiger partial charge in [-0.15, -0.1) is 12.4 Å². The third-order valence-corrected chi connectivity index (χ3v) is 3.64. The second kappa shape index (κ2) is 7.07. The molecule has 1 N–H and O–H groups in total. The number of hydrogen-bond donors (Lipinski definition) is 1. The Bertz CT molecular complexity index is 376. The predicted molar refractivity (Wildman–Crippen MR) is 75.7 cm³/mol. The van der Waals surface area contributed by atoms with Gasteiger partial charge in [0.1, 0.15) is 5.82 Å². The number of benzene rings is 1. The Morgan fingerprint density at radius 3 is 2.56 bits per heavy atom. The summed E-state index contributed by atoms with van der Waals surface area (Å²) in [7, 11) is 2.02. The van der Waals surface area contributed by atoms with Gasteiger partial charge in [-0.05, 0) is 57.1 Å². The Morgan fingerprint density at radius 2 is 2.00 bits per heavy atom. The van der Waals surface area contributed by atoms with Crippen LogP contribution in [-0.4, -0.2) is 31.1 Å². The van der Waals surface area contributed by atoms with E-state index in [0.717, 1.165) is 30.8 Å². The van der Waals surface area contributed by atoms with Crippen molar-refractivity contribution in [3.05, 3.63) is 35.1 Å². The summed E-state index contributed by atoms with van der Waals surface area (Å²) in [4.78, 5) is 2.40. The molecule has 0 amide bonds. The van der Waals surface area contributed by atoms with E-state index in [1.54, 1.807) is 13.0 Å². The van der Waals surface area contributed by atoms with Crippen LogP contribution in [0.25, 0.3) is 0 Å². The molecular formula is C14H22ClFN2. The number of rotatable bonds is 3. The summed E-state index contributed by atoms with van der Waals surface area (Å²) < 4.78 is 13.4. The number of likely N-dealkylation sites (tertiary alicyclic amines) is 1. The first-order chi connectivity index (χ1) is 8.19. The molecule has 1 aliphatic rings. The van der Waals surface area contributed by atoms with Gasteiger partial charge in [-0.1, -0.05) is 12.1 Å². The van der Waals surface area contributed by atoms with E-state index < -0.39 is 0 Å². The number of piperidine rings is 1. The van der Waals surface area contributed by atoms with Crippen molar-refractivity contribution < 1.29 is 4.39 Å². The van der Waals surface area contributed by atoms with Crippen LogP contribution in [-0.2, 0) is 6.54 Å². The number of nitrogens with one attached hydrogen (secondary N) is 1. The van der Waals surface area contributed by atoms with Crippen LogP contribution in [0.15, 0.2) is 18.2 Å². The molecular weight excluding hydrogens is 251 g/mol. The third-order valence-electron chi connectivity index (χ3n) is 3.64. The van der Waals surface area contributed by atoms with Gasteiger partial charge in [0, 0.05) is 12.6 Å². The average molecular weight is 273 g/mol. The highest BCUT2D eigenvalue weighted by atomic mass is 35.5. The van der Waals surface area contributed by atoms with Gasteiger partial charge in [-0.2, -0.15) is 0 Å². The maximum absolute atomic E-state index is 13.4. The molecule has 0 aromatic heterocycles. The lowest BCUT2D eigenvalue weighted by Crippen LogP contribution is -2.40. The molecule has 2 nitrogen and oxygen atoms in total. The first-order valence-electron chi connectivity index (χ1n) is 6.33. The molecule has 1 aromatic rings. The van der Waals surface area contributed by atoms with Gasteiger partial charge in [-0.3, -0.25) is 4.90 Å². The van der Waals surface area contributed by atoms with Gasteiger partial charge in [0.05, 0.1) is 0 Å². The Hall–Kier alpha value is -0.640. The van der Waals surface area contributed by atoms with Crippen LogP contribution in [0.1, 0.15) is 24.0 Å². The maximum Gasteiger partial charge on any atom is 0.126 e. The Balaban J connectivity index is 0.00000162. The minimum Gasteiger partial charge on any atom is -0.317 e. The largest absolute Gasteiger partial charge is 0.317 e. The van der Waals surface area contributed by atoms with Crippen molar-refractivity contribution in [1.82, 2.24) is 10.2 Å². The fourth-order valence-corrected chi connectivity index (χ4v) is 2.37. The van der Waals surface area contributed by atoms with Crippen molar-refractivity contribution in [3.63, 3.8) is 0 Å². The topological polar surface area (TPSA) is 15.3 Å². The van der Waals surface area contributed by atoms with Gasteiger partial charge in [-0.25, -0.2) is 4.39 Å². The summed E-state index contributed by atoms with van der Waals surface area (Å²) in [5, 5.41) is 3.32. The van der Waals surface area contributed by atoms with Gasteiger partial charge in [0.2, 0.25) is 0 Å². The highest BCUT2D eigenvalue weighted by Crippen LogP contribution is 2.15. The second-order valence-corrected chi connectivity index (χ2v) is 4.92. The summed E-state index contributed by atoms with van der Waals surface area (Å²) in [6, 6.07) is 6.22. The second-order valence-electron chi connectivity index (χ2n) is 4.92. The first kappa shape index (κ1) is 15.4. The highest BCUT2D eigenvalue weighted by Gasteiger charge is 2.17. The van der Waals surface area contributed by atoms with E-state index in [4.69, 9.17) is 0 Å². The van der Waals surface area contributed by atoms with Crippen molar-refractivity contribution in [2.75, 3.05) is 20.1 Å². The van der Waals surface area contributed by atoms with E-state index in [0.29, 0.717) is 6.04 Å². The van der Waals surface area contributed by atoms with Crippen LogP contribution in [0, 0.1) is 12.7 Å². The molecule has 1 saturated heterocycles. The van der Waals surface area contributed by atoms with Crippen LogP contribution in [0.2, 0.25) is 0 Å². The number of halogens is 2. The molecule has 0 atom stereocenters. The van der Waals surface area contributed by atoms with E-state index in [1.807, 2.05) is 19.2 Å². The third kappa shape index (κ3) is 3.94. The van der Waals surface area contributed by atoms with E-state index in [1.165, 1.54) is 12.8 Å². The molecule has 0 saturated carbocycles. The molecule has 1 heterocycles. The van der Waals surface area contributed by atoms with Crippen LogP contribution in [0.5, 0.6) is 0 Å². The van der Waals surface area contributed by atoms with Crippen molar-refractivity contribution >= 4 is 12.4 Å². The molecule has 0 radical (unpaired) electrons. The van der Waals surface area contributed by atoms with E-state index in [9.17, 15) is 4.39 Å². The Kier molecular flexibility index (Phi) is 6.06. The average Bonchev–Trinajstić information content (AvgIpc) is 2.35. The van der Waals surface area contributed by atoms with Gasteiger partial charge >= 0.3 is 0 Å². The van der Waals surface area contributed by atoms with E-state index in [-0.39, 0.29) is 18.2 Å². The van der Waals surface area contributed by atoms with Gasteiger partial charge < -0.3 is 5.32 Å². The minimum absolute atomic E-state index is 0. The molecule has 102 valence electrons. The Labute approximate surface area is 115 Å². The molecule has 18 heavy (non-hydrogen) atoms. The lowest BCUT2D eigenvalue weighted by atomic mass is 10.0. The van der Waals surface area contributed by atoms with Crippen molar-refractivity contribution in [2.24, 2.45) is 0 Å². The zero-order valence-electron chi connectivity index (χ0n) is 11.1. The smallest absolute Gasteiger partial charge is 0.126 e. The molecule has 0 bridgehead atoms. The molecule has 4 heteroatoms. The molecule has 1 fully saturated rings. The van der Waals surface area contributed by atoms with Gasteiger partial charge in [0.15, 0.2) is 0 Å². The predicted octanol–water partition coefficient (Wildman–Crippen LogP) is 2.74. The van der Waals surface area contributed by atoms with Crippen LogP contribution in [0.3, 0.4) is 0 Å². The Morgan fingerprint density at radius 1 is 1.33 bits per heavy atom. The molecule has 0 unspecified atom stereocenters. The summed E-state index contributed by atoms with van der Waals surface area (Å²) in [6.07, 6.45) is 2.37. The summed E-state index contributed by atoms with van der Waals surface area (Å²) in [5.41, 5.74) is 1.80. The van der Waals surface area contributed by atoms with Gasteiger partial charge in [0.25, 0.3) is 0 Å². The SMILES string of the molecule is CNC1CCN(Cc2ccc(C)c(F)c2)CC1.Cl. The number of hydrogen-bond acceptors (Lipinski definition) is 2. The minimum atomic E-state index is -0.0902. The summed E-state index contributed by atoms with van der Waals surface area (Å²) in [5.74, 6) is -0.0902. The van der Waals surface area contributed by atoms with Crippen molar-refractivity contribution in [2.45, 2.75) is 32.4 Å². The molecule has 0 spiro atoms. The molecule has 0 aliphatic carbocycles. The number of nitrogens with zero attached hydrogens (tertiary/aromatic N) is 1. The quantitative estimate of drug-likeness (QED) is 0.910. The zero-order chi connectivity index (χ0) is 12.3. The summed E-state index contributed by atoms with van der Waals surface area (Å²) >= 11 is 0. The molecule has 1 aromatic carbocycles. The van der Waals surface area contributed by atoms with Crippen LogP contribution >= 0.6 is 12.4 Å². The monoisotopic (exact) mass is 272 g/mol.